The Morgan fingerprint density at radius 1 is 0.933 bits per heavy atom. The number of carbonyl (C=O) groups is 1. The first kappa shape index (κ1) is 19.9. The van der Waals surface area contributed by atoms with Crippen LogP contribution in [0, 0.1) is 0 Å². The molecule has 0 spiro atoms. The second-order valence-electron chi connectivity index (χ2n) is 7.75. The van der Waals surface area contributed by atoms with Gasteiger partial charge in [-0.05, 0) is 36.2 Å². The highest BCUT2D eigenvalue weighted by Crippen LogP contribution is 2.29. The minimum Gasteiger partial charge on any atom is -0.361 e. The molecule has 4 rings (SSSR count). The van der Waals surface area contributed by atoms with Crippen molar-refractivity contribution < 1.29 is 10.1 Å². The summed E-state index contributed by atoms with van der Waals surface area (Å²) in [5, 5.41) is 3.39. The molecule has 0 fully saturated rings. The van der Waals surface area contributed by atoms with E-state index in [1.807, 2.05) is 56.4 Å². The highest BCUT2D eigenvalue weighted by Gasteiger charge is 2.25. The van der Waals surface area contributed by atoms with Crippen LogP contribution in [0.1, 0.15) is 24.0 Å². The van der Waals surface area contributed by atoms with E-state index in [-0.39, 0.29) is 17.9 Å². The van der Waals surface area contributed by atoms with Gasteiger partial charge in [0.15, 0.2) is 6.04 Å². The lowest BCUT2D eigenvalue weighted by atomic mass is 9.90. The molecule has 1 heterocycles. The number of aromatic amines is 1. The summed E-state index contributed by atoms with van der Waals surface area (Å²) in [7, 11) is 1.84. The van der Waals surface area contributed by atoms with Crippen LogP contribution in [-0.4, -0.2) is 30.5 Å². The molecule has 0 aliphatic heterocycles. The van der Waals surface area contributed by atoms with Crippen molar-refractivity contribution in [3.63, 3.8) is 0 Å². The second-order valence-corrected chi connectivity index (χ2v) is 7.75. The van der Waals surface area contributed by atoms with Crippen molar-refractivity contribution in [2.75, 3.05) is 18.5 Å². The number of hydrogen-bond donors (Lipinski definition) is 2. The molecule has 152 valence electrons. The fourth-order valence-electron chi connectivity index (χ4n) is 4.04. The van der Waals surface area contributed by atoms with Crippen LogP contribution in [0.15, 0.2) is 91.1 Å². The minimum atomic E-state index is -0.174. The normalized spacial score (nSPS) is 13.1. The molecule has 30 heavy (non-hydrogen) atoms. The number of likely N-dealkylation sites (N-methyl/N-ethyl adjacent to an activating group) is 1. The lowest BCUT2D eigenvalue weighted by Crippen LogP contribution is -2.92. The third-order valence-electron chi connectivity index (χ3n) is 5.79. The monoisotopic (exact) mass is 398 g/mol. The number of nitrogens with zero attached hydrogens (tertiary/aromatic N) is 1. The maximum atomic E-state index is 13.0. The molecule has 0 saturated carbocycles. The van der Waals surface area contributed by atoms with Crippen molar-refractivity contribution in [2.24, 2.45) is 0 Å². The molecule has 4 heteroatoms. The van der Waals surface area contributed by atoms with Gasteiger partial charge in [-0.1, -0.05) is 66.7 Å². The Morgan fingerprint density at radius 3 is 2.30 bits per heavy atom. The molecule has 2 atom stereocenters. The SMILES string of the molecule is C[C@@H]([NH2+]C[C@@H](c1ccccc1)c1c[nH]c2ccccc12)C(=O)N(C)c1ccccc1. The van der Waals surface area contributed by atoms with Gasteiger partial charge in [-0.2, -0.15) is 0 Å². The van der Waals surface area contributed by atoms with E-state index in [9.17, 15) is 4.79 Å². The molecule has 3 aromatic carbocycles. The topological polar surface area (TPSA) is 52.7 Å². The summed E-state index contributed by atoms with van der Waals surface area (Å²) in [6.07, 6.45) is 2.11. The summed E-state index contributed by atoms with van der Waals surface area (Å²) in [5.74, 6) is 0.298. The number of aromatic nitrogens is 1. The van der Waals surface area contributed by atoms with E-state index in [0.717, 1.165) is 17.7 Å². The Morgan fingerprint density at radius 2 is 1.57 bits per heavy atom. The van der Waals surface area contributed by atoms with Crippen molar-refractivity contribution >= 4 is 22.5 Å². The molecule has 0 aliphatic rings. The lowest BCUT2D eigenvalue weighted by molar-refractivity contribution is -0.674. The number of nitrogens with one attached hydrogen (secondary N) is 1. The van der Waals surface area contributed by atoms with E-state index >= 15 is 0 Å². The third kappa shape index (κ3) is 4.14. The highest BCUT2D eigenvalue weighted by molar-refractivity contribution is 5.95. The van der Waals surface area contributed by atoms with E-state index in [1.165, 1.54) is 16.5 Å². The zero-order chi connectivity index (χ0) is 20.9. The third-order valence-corrected chi connectivity index (χ3v) is 5.79. The Labute approximate surface area is 177 Å². The standard InChI is InChI=1S/C26H27N3O/c1-19(26(30)29(2)21-13-7-4-8-14-21)27-17-23(20-11-5-3-6-12-20)24-18-28-25-16-10-9-15-22(24)25/h3-16,18-19,23,27-28H,17H2,1-2H3/p+1/t19-,23+/m1/s1. The lowest BCUT2D eigenvalue weighted by Gasteiger charge is -2.22. The summed E-state index contributed by atoms with van der Waals surface area (Å²) in [6.45, 7) is 2.78. The molecule has 1 amide bonds. The van der Waals surface area contributed by atoms with Gasteiger partial charge in [0.2, 0.25) is 0 Å². The van der Waals surface area contributed by atoms with Crippen molar-refractivity contribution in [1.82, 2.24) is 4.98 Å². The molecule has 4 nitrogen and oxygen atoms in total. The van der Waals surface area contributed by atoms with E-state index in [2.05, 4.69) is 59.0 Å². The average molecular weight is 399 g/mol. The van der Waals surface area contributed by atoms with Gasteiger partial charge >= 0.3 is 0 Å². The van der Waals surface area contributed by atoms with Crippen LogP contribution >= 0.6 is 0 Å². The number of benzene rings is 3. The van der Waals surface area contributed by atoms with E-state index < -0.39 is 0 Å². The molecular weight excluding hydrogens is 370 g/mol. The number of quaternary nitrogens is 1. The molecule has 3 N–H and O–H groups in total. The number of anilines is 1. The quantitative estimate of drug-likeness (QED) is 0.487. The number of fused-ring (bicyclic) bond motifs is 1. The van der Waals surface area contributed by atoms with Crippen molar-refractivity contribution in [3.05, 3.63) is 102 Å². The molecule has 0 bridgehead atoms. The van der Waals surface area contributed by atoms with Crippen LogP contribution in [0.3, 0.4) is 0 Å². The van der Waals surface area contributed by atoms with E-state index in [1.54, 1.807) is 4.90 Å². The molecule has 4 aromatic rings. The number of rotatable bonds is 7. The Hall–Kier alpha value is -3.37. The van der Waals surface area contributed by atoms with Gasteiger partial charge in [0, 0.05) is 29.8 Å². The Kier molecular flexibility index (Phi) is 5.96. The number of para-hydroxylation sites is 2. The maximum Gasteiger partial charge on any atom is 0.284 e. The van der Waals surface area contributed by atoms with Gasteiger partial charge in [-0.25, -0.2) is 0 Å². The highest BCUT2D eigenvalue weighted by atomic mass is 16.2. The molecule has 0 radical (unpaired) electrons. The molecule has 0 saturated heterocycles. The minimum absolute atomic E-state index is 0.104. The zero-order valence-electron chi connectivity index (χ0n) is 17.5. The summed E-state index contributed by atoms with van der Waals surface area (Å²) in [4.78, 5) is 18.1. The Bertz CT molecular complexity index is 1100. The van der Waals surface area contributed by atoms with E-state index in [0.29, 0.717) is 0 Å². The van der Waals surface area contributed by atoms with Crippen LogP contribution < -0.4 is 10.2 Å². The number of carbonyl (C=O) groups excluding carboxylic acids is 1. The van der Waals surface area contributed by atoms with Crippen LogP contribution in [0.25, 0.3) is 10.9 Å². The summed E-state index contributed by atoms with van der Waals surface area (Å²) < 4.78 is 0. The van der Waals surface area contributed by atoms with Crippen LogP contribution in [0.2, 0.25) is 0 Å². The van der Waals surface area contributed by atoms with Crippen molar-refractivity contribution in [1.29, 1.82) is 0 Å². The first-order chi connectivity index (χ1) is 14.6. The smallest absolute Gasteiger partial charge is 0.284 e. The molecule has 0 aliphatic carbocycles. The number of H-pyrrole nitrogens is 1. The first-order valence-corrected chi connectivity index (χ1v) is 10.4. The van der Waals surface area contributed by atoms with Gasteiger partial charge in [0.05, 0.1) is 12.5 Å². The van der Waals surface area contributed by atoms with Gasteiger partial charge in [-0.15, -0.1) is 0 Å². The fourth-order valence-corrected chi connectivity index (χ4v) is 4.04. The van der Waals surface area contributed by atoms with Gasteiger partial charge in [-0.3, -0.25) is 4.79 Å². The zero-order valence-corrected chi connectivity index (χ0v) is 17.5. The predicted octanol–water partition coefficient (Wildman–Crippen LogP) is 3.91. The van der Waals surface area contributed by atoms with Crippen LogP contribution in [0.4, 0.5) is 5.69 Å². The predicted molar refractivity (Wildman–Crippen MR) is 123 cm³/mol. The summed E-state index contributed by atoms with van der Waals surface area (Å²) >= 11 is 0. The largest absolute Gasteiger partial charge is 0.361 e. The van der Waals surface area contributed by atoms with Crippen LogP contribution in [-0.2, 0) is 4.79 Å². The molecule has 1 aromatic heterocycles. The van der Waals surface area contributed by atoms with Crippen LogP contribution in [0.5, 0.6) is 0 Å². The van der Waals surface area contributed by atoms with Crippen molar-refractivity contribution in [2.45, 2.75) is 18.9 Å². The first-order valence-electron chi connectivity index (χ1n) is 10.4. The number of nitrogens with two attached hydrogens (primary N) is 1. The number of amides is 1. The second kappa shape index (κ2) is 8.97. The molecule has 0 unspecified atom stereocenters. The van der Waals surface area contributed by atoms with Gasteiger partial charge < -0.3 is 15.2 Å². The van der Waals surface area contributed by atoms with Crippen molar-refractivity contribution in [3.8, 4) is 0 Å². The average Bonchev–Trinajstić information content (AvgIpc) is 3.23. The summed E-state index contributed by atoms with van der Waals surface area (Å²) in [6, 6.07) is 28.5. The van der Waals surface area contributed by atoms with E-state index in [4.69, 9.17) is 0 Å². The Balaban J connectivity index is 1.55. The van der Waals surface area contributed by atoms with Gasteiger partial charge in [0.25, 0.3) is 5.91 Å². The summed E-state index contributed by atoms with van der Waals surface area (Å²) in [5.41, 5.74) is 4.58. The maximum absolute atomic E-state index is 13.0. The fraction of sp³-hybridized carbons (Fsp3) is 0.192. The number of hydrogen-bond acceptors (Lipinski definition) is 1. The molecular formula is C26H28N3O+. The van der Waals surface area contributed by atoms with Gasteiger partial charge in [0.1, 0.15) is 0 Å².